The standard InChI is InChI=1S/C14H17F3N4O2/c1-2-3-9-23-13(22)21-12(14(15,16)17)11(18-19-20-21)10-7-5-4-6-8-10/h4-8,11-12H,2-3,9H2,1H3,(H,18,20). The normalized spacial score (nSPS) is 21.0. The number of hydrogen-bond donors (Lipinski definition) is 1. The summed E-state index contributed by atoms with van der Waals surface area (Å²) in [6, 6.07) is 4.35. The average Bonchev–Trinajstić information content (AvgIpc) is 2.54. The van der Waals surface area contributed by atoms with E-state index in [9.17, 15) is 18.0 Å². The molecule has 1 heterocycles. The van der Waals surface area contributed by atoms with Crippen molar-refractivity contribution < 1.29 is 22.7 Å². The summed E-state index contributed by atoms with van der Waals surface area (Å²) in [5.74, 6) is 0. The van der Waals surface area contributed by atoms with Crippen LogP contribution in [0.4, 0.5) is 18.0 Å². The summed E-state index contributed by atoms with van der Waals surface area (Å²) in [5, 5.41) is 7.40. The summed E-state index contributed by atoms with van der Waals surface area (Å²) < 4.78 is 45.3. The van der Waals surface area contributed by atoms with Gasteiger partial charge in [0, 0.05) is 0 Å². The van der Waals surface area contributed by atoms with Crippen molar-refractivity contribution in [1.29, 1.82) is 0 Å². The lowest BCUT2D eigenvalue weighted by molar-refractivity contribution is -0.197. The highest BCUT2D eigenvalue weighted by Crippen LogP contribution is 2.38. The zero-order valence-electron chi connectivity index (χ0n) is 12.5. The summed E-state index contributed by atoms with van der Waals surface area (Å²) in [7, 11) is 0. The van der Waals surface area contributed by atoms with Crippen LogP contribution in [0.15, 0.2) is 40.7 Å². The molecule has 0 bridgehead atoms. The van der Waals surface area contributed by atoms with Crippen LogP contribution in [0.1, 0.15) is 31.4 Å². The zero-order valence-corrected chi connectivity index (χ0v) is 12.5. The first-order valence-electron chi connectivity index (χ1n) is 7.18. The molecule has 0 aliphatic carbocycles. The molecule has 23 heavy (non-hydrogen) atoms. The van der Waals surface area contributed by atoms with Crippen LogP contribution in [-0.2, 0) is 4.74 Å². The van der Waals surface area contributed by atoms with E-state index < -0.39 is 24.4 Å². The second-order valence-corrected chi connectivity index (χ2v) is 5.00. The first-order valence-corrected chi connectivity index (χ1v) is 7.18. The van der Waals surface area contributed by atoms with E-state index in [1.165, 1.54) is 12.1 Å². The molecular formula is C14H17F3N4O2. The molecule has 2 atom stereocenters. The second kappa shape index (κ2) is 7.30. The molecule has 6 nitrogen and oxygen atoms in total. The van der Waals surface area contributed by atoms with E-state index in [-0.39, 0.29) is 6.61 Å². The van der Waals surface area contributed by atoms with Gasteiger partial charge >= 0.3 is 12.3 Å². The largest absolute Gasteiger partial charge is 0.448 e. The van der Waals surface area contributed by atoms with Gasteiger partial charge < -0.3 is 4.74 Å². The third kappa shape index (κ3) is 4.11. The van der Waals surface area contributed by atoms with E-state index in [2.05, 4.69) is 10.3 Å². The van der Waals surface area contributed by atoms with E-state index >= 15 is 0 Å². The topological polar surface area (TPSA) is 66.3 Å². The van der Waals surface area contributed by atoms with E-state index in [1.54, 1.807) is 18.2 Å². The molecule has 9 heteroatoms. The summed E-state index contributed by atoms with van der Waals surface area (Å²) in [6.45, 7) is 1.93. The van der Waals surface area contributed by atoms with Crippen molar-refractivity contribution in [3.63, 3.8) is 0 Å². The van der Waals surface area contributed by atoms with Gasteiger partial charge in [-0.3, -0.25) is 0 Å². The Morgan fingerprint density at radius 2 is 2.04 bits per heavy atom. The predicted molar refractivity (Wildman–Crippen MR) is 75.1 cm³/mol. The Bertz CT molecular complexity index is 551. The second-order valence-electron chi connectivity index (χ2n) is 5.00. The van der Waals surface area contributed by atoms with Gasteiger partial charge in [0.05, 0.1) is 6.61 Å². The van der Waals surface area contributed by atoms with Crippen LogP contribution in [0, 0.1) is 0 Å². The maximum atomic E-state index is 13.5. The number of nitrogens with one attached hydrogen (secondary N) is 1. The molecule has 0 radical (unpaired) electrons. The molecule has 0 fully saturated rings. The maximum Gasteiger partial charge on any atom is 0.430 e. The highest BCUT2D eigenvalue weighted by molar-refractivity contribution is 5.67. The SMILES string of the molecule is CCCCOC(=O)N1NN=NC(c2ccccc2)C1C(F)(F)F. The quantitative estimate of drug-likeness (QED) is 0.854. The van der Waals surface area contributed by atoms with Crippen molar-refractivity contribution in [3.05, 3.63) is 35.9 Å². The minimum Gasteiger partial charge on any atom is -0.448 e. The molecule has 0 aromatic heterocycles. The van der Waals surface area contributed by atoms with Crippen molar-refractivity contribution in [2.75, 3.05) is 6.61 Å². The highest BCUT2D eigenvalue weighted by atomic mass is 19.4. The van der Waals surface area contributed by atoms with E-state index in [0.29, 0.717) is 17.0 Å². The van der Waals surface area contributed by atoms with Gasteiger partial charge in [-0.25, -0.2) is 4.79 Å². The number of amides is 1. The molecule has 1 aliphatic rings. The number of carbonyl (C=O) groups is 1. The van der Waals surface area contributed by atoms with E-state index in [1.807, 2.05) is 12.5 Å². The minimum atomic E-state index is -4.70. The molecule has 126 valence electrons. The Morgan fingerprint density at radius 3 is 2.65 bits per heavy atom. The van der Waals surface area contributed by atoms with Crippen LogP contribution in [-0.4, -0.2) is 29.9 Å². The molecule has 1 aliphatic heterocycles. The first kappa shape index (κ1) is 17.0. The maximum absolute atomic E-state index is 13.5. The number of nitrogens with zero attached hydrogens (tertiary/aromatic N) is 3. The zero-order chi connectivity index (χ0) is 16.9. The fraction of sp³-hybridized carbons (Fsp3) is 0.500. The van der Waals surface area contributed by atoms with Crippen molar-refractivity contribution >= 4 is 6.09 Å². The number of ether oxygens (including phenoxy) is 1. The Kier molecular flexibility index (Phi) is 5.41. The van der Waals surface area contributed by atoms with Gasteiger partial charge in [0.15, 0.2) is 6.04 Å². The first-order chi connectivity index (χ1) is 10.9. The summed E-state index contributed by atoms with van der Waals surface area (Å²) in [6.07, 6.45) is -4.49. The van der Waals surface area contributed by atoms with Gasteiger partial charge in [0.2, 0.25) is 0 Å². The van der Waals surface area contributed by atoms with Crippen molar-refractivity contribution in [2.45, 2.75) is 38.0 Å². The molecule has 1 aromatic rings. The number of rotatable bonds is 4. The number of carbonyl (C=O) groups excluding carboxylic acids is 1. The summed E-state index contributed by atoms with van der Waals surface area (Å²) in [5.41, 5.74) is 2.31. The number of benzene rings is 1. The average molecular weight is 330 g/mol. The minimum absolute atomic E-state index is 0.0469. The number of hydrogen-bond acceptors (Lipinski definition) is 5. The van der Waals surface area contributed by atoms with Gasteiger partial charge in [-0.2, -0.15) is 28.8 Å². The Balaban J connectivity index is 2.25. The Labute approximate surface area is 131 Å². The fourth-order valence-corrected chi connectivity index (χ4v) is 2.16. The third-order valence-electron chi connectivity index (χ3n) is 3.31. The van der Waals surface area contributed by atoms with Crippen molar-refractivity contribution in [3.8, 4) is 0 Å². The van der Waals surface area contributed by atoms with Gasteiger partial charge in [0.1, 0.15) is 6.04 Å². The number of unbranched alkanes of at least 4 members (excludes halogenated alkanes) is 1. The van der Waals surface area contributed by atoms with Crippen molar-refractivity contribution in [1.82, 2.24) is 10.5 Å². The highest BCUT2D eigenvalue weighted by Gasteiger charge is 2.53. The molecule has 2 rings (SSSR count). The predicted octanol–water partition coefficient (Wildman–Crippen LogP) is 3.78. The molecule has 0 spiro atoms. The lowest BCUT2D eigenvalue weighted by atomic mass is 9.99. The smallest absolute Gasteiger partial charge is 0.430 e. The lowest BCUT2D eigenvalue weighted by Gasteiger charge is -2.36. The summed E-state index contributed by atoms with van der Waals surface area (Å²) >= 11 is 0. The molecule has 1 aromatic carbocycles. The van der Waals surface area contributed by atoms with Gasteiger partial charge in [0.25, 0.3) is 0 Å². The number of halogens is 3. The van der Waals surface area contributed by atoms with E-state index in [0.717, 1.165) is 6.42 Å². The van der Waals surface area contributed by atoms with E-state index in [4.69, 9.17) is 4.74 Å². The molecule has 0 saturated heterocycles. The van der Waals surface area contributed by atoms with Crippen LogP contribution in [0.5, 0.6) is 0 Å². The van der Waals surface area contributed by atoms with Crippen molar-refractivity contribution in [2.24, 2.45) is 10.3 Å². The summed E-state index contributed by atoms with van der Waals surface area (Å²) in [4.78, 5) is 11.9. The third-order valence-corrected chi connectivity index (χ3v) is 3.31. The lowest BCUT2D eigenvalue weighted by Crippen LogP contribution is -2.58. The molecule has 0 saturated carbocycles. The van der Waals surface area contributed by atoms with Crippen LogP contribution in [0.3, 0.4) is 0 Å². The Hall–Kier alpha value is -2.32. The van der Waals surface area contributed by atoms with Crippen LogP contribution in [0.2, 0.25) is 0 Å². The number of hydrazine groups is 1. The van der Waals surface area contributed by atoms with Gasteiger partial charge in [-0.15, -0.1) is 0 Å². The number of alkyl halides is 3. The van der Waals surface area contributed by atoms with Gasteiger partial charge in [-0.05, 0) is 12.0 Å². The fourth-order valence-electron chi connectivity index (χ4n) is 2.16. The monoisotopic (exact) mass is 330 g/mol. The van der Waals surface area contributed by atoms with Gasteiger partial charge in [-0.1, -0.05) is 48.9 Å². The van der Waals surface area contributed by atoms with Crippen LogP contribution < -0.4 is 5.53 Å². The molecule has 1 amide bonds. The molecular weight excluding hydrogens is 313 g/mol. The van der Waals surface area contributed by atoms with Crippen LogP contribution in [0.25, 0.3) is 0 Å². The van der Waals surface area contributed by atoms with Crippen LogP contribution >= 0.6 is 0 Å². The molecule has 1 N–H and O–H groups in total. The Morgan fingerprint density at radius 1 is 1.35 bits per heavy atom. The molecule has 2 unspecified atom stereocenters.